The summed E-state index contributed by atoms with van der Waals surface area (Å²) in [6, 6.07) is 4.09. The quantitative estimate of drug-likeness (QED) is 0.693. The summed E-state index contributed by atoms with van der Waals surface area (Å²) in [5.74, 6) is 0. The zero-order chi connectivity index (χ0) is 7.52. The molecule has 0 amide bonds. The molecule has 0 aliphatic carbocycles. The average molecular weight is 234 g/mol. The normalized spacial score (nSPS) is 10.5. The van der Waals surface area contributed by atoms with Crippen molar-refractivity contribution in [1.82, 2.24) is 15.0 Å². The minimum absolute atomic E-state index is 0.0572. The van der Waals surface area contributed by atoms with E-state index in [9.17, 15) is 0 Å². The van der Waals surface area contributed by atoms with Gasteiger partial charge in [-0.25, -0.2) is 0 Å². The summed E-state index contributed by atoms with van der Waals surface area (Å²) in [7, 11) is 0. The number of imidazole rings is 1. The van der Waals surface area contributed by atoms with Crippen molar-refractivity contribution in [2.24, 2.45) is 0 Å². The Morgan fingerprint density at radius 3 is 2.91 bits per heavy atom. The first kappa shape index (κ1) is 6.80. The zero-order valence-electron chi connectivity index (χ0n) is 5.69. The molecule has 0 aliphatic rings. The standard InChI is InChI=1S/C4H4N.C3H3N2.Ru/c1-2-4-5-3-1;1-2-5-3-4-1;/h1-3,5H;1-2H,(H,4,5);. The van der Waals surface area contributed by atoms with Gasteiger partial charge in [0, 0.05) is 0 Å². The molecule has 0 saturated heterocycles. The first-order valence-electron chi connectivity index (χ1n) is 3.20. The Balaban J connectivity index is 2.14. The van der Waals surface area contributed by atoms with Gasteiger partial charge in [0.25, 0.3) is 0 Å². The van der Waals surface area contributed by atoms with Crippen LogP contribution in [0.5, 0.6) is 0 Å². The predicted octanol–water partition coefficient (Wildman–Crippen LogP) is -0.229. The van der Waals surface area contributed by atoms with Gasteiger partial charge in [-0.05, 0) is 0 Å². The Hall–Kier alpha value is -0.887. The number of rotatable bonds is 2. The van der Waals surface area contributed by atoms with Crippen molar-refractivity contribution < 1.29 is 17.1 Å². The average Bonchev–Trinajstić information content (AvgIpc) is 2.60. The maximum atomic E-state index is 4.16. The molecule has 0 saturated carbocycles. The van der Waals surface area contributed by atoms with E-state index in [4.69, 9.17) is 0 Å². The molecule has 3 nitrogen and oxygen atoms in total. The Morgan fingerprint density at radius 2 is 2.27 bits per heavy atom. The fraction of sp³-hybridized carbons (Fsp3) is 0. The molecule has 2 rings (SSSR count). The number of aromatic amines is 2. The Labute approximate surface area is 71.8 Å². The van der Waals surface area contributed by atoms with E-state index >= 15 is 0 Å². The van der Waals surface area contributed by atoms with Crippen LogP contribution in [0.4, 0.5) is 0 Å². The molecule has 0 bridgehead atoms. The van der Waals surface area contributed by atoms with Crippen LogP contribution in [0.2, 0.25) is 0 Å². The van der Waals surface area contributed by atoms with Gasteiger partial charge in [0.15, 0.2) is 0 Å². The number of hydrogen-bond donors (Lipinski definition) is 2. The fourth-order valence-electron chi connectivity index (χ4n) is 0.740. The Morgan fingerprint density at radius 1 is 1.27 bits per heavy atom. The van der Waals surface area contributed by atoms with Crippen molar-refractivity contribution in [3.05, 3.63) is 30.7 Å². The summed E-state index contributed by atoms with van der Waals surface area (Å²) in [6.07, 6.45) is 5.58. The number of H-pyrrole nitrogens is 2. The minimum atomic E-state index is 0.0572. The second kappa shape index (κ2) is 3.01. The van der Waals surface area contributed by atoms with Gasteiger partial charge in [-0.2, -0.15) is 0 Å². The second-order valence-corrected chi connectivity index (χ2v) is 4.16. The molecule has 0 atom stereocenters. The third kappa shape index (κ3) is 1.57. The third-order valence-electron chi connectivity index (χ3n) is 1.19. The summed E-state index contributed by atoms with van der Waals surface area (Å²) < 4.78 is 2.35. The summed E-state index contributed by atoms with van der Waals surface area (Å²) in [4.78, 5) is 10.4. The van der Waals surface area contributed by atoms with Crippen LogP contribution < -0.4 is 8.71 Å². The molecule has 2 aromatic heterocycles. The van der Waals surface area contributed by atoms with E-state index in [1.165, 1.54) is 4.29 Å². The second-order valence-electron chi connectivity index (χ2n) is 1.96. The summed E-state index contributed by atoms with van der Waals surface area (Å²) in [5, 5.41) is 0. The monoisotopic (exact) mass is 235 g/mol. The van der Waals surface area contributed by atoms with E-state index < -0.39 is 0 Å². The van der Waals surface area contributed by atoms with E-state index in [2.05, 4.69) is 21.0 Å². The number of aromatic nitrogens is 3. The van der Waals surface area contributed by atoms with Gasteiger partial charge in [0.05, 0.1) is 0 Å². The molecule has 2 N–H and O–H groups in total. The molecule has 0 aromatic carbocycles. The molecular formula is C7H7N3Ru. The van der Waals surface area contributed by atoms with Gasteiger partial charge in [0.1, 0.15) is 0 Å². The number of nitrogens with one attached hydrogen (secondary N) is 2. The SMILES string of the molecule is c1c[nH][c]([Ru][c]2ncc[nH]2)c1. The molecule has 0 radical (unpaired) electrons. The van der Waals surface area contributed by atoms with Crippen molar-refractivity contribution in [2.45, 2.75) is 0 Å². The summed E-state index contributed by atoms with van der Waals surface area (Å²) in [5.41, 5.74) is 0. The van der Waals surface area contributed by atoms with Gasteiger partial charge in [-0.3, -0.25) is 0 Å². The molecular weight excluding hydrogens is 227 g/mol. The van der Waals surface area contributed by atoms with Crippen LogP contribution in [-0.4, -0.2) is 15.0 Å². The van der Waals surface area contributed by atoms with Crippen molar-refractivity contribution in [3.8, 4) is 0 Å². The molecule has 0 unspecified atom stereocenters. The van der Waals surface area contributed by atoms with Crippen molar-refractivity contribution in [3.63, 3.8) is 0 Å². The summed E-state index contributed by atoms with van der Waals surface area (Å²) >= 11 is 0.0572. The summed E-state index contributed by atoms with van der Waals surface area (Å²) in [6.45, 7) is 0. The van der Waals surface area contributed by atoms with Crippen LogP contribution in [0.1, 0.15) is 0 Å². The Kier molecular flexibility index (Phi) is 1.86. The topological polar surface area (TPSA) is 44.5 Å². The van der Waals surface area contributed by atoms with Crippen molar-refractivity contribution in [1.29, 1.82) is 0 Å². The van der Waals surface area contributed by atoms with Gasteiger partial charge in [-0.1, -0.05) is 0 Å². The van der Waals surface area contributed by atoms with E-state index in [0.29, 0.717) is 0 Å². The molecule has 11 heavy (non-hydrogen) atoms. The molecule has 58 valence electrons. The molecule has 0 spiro atoms. The van der Waals surface area contributed by atoms with Crippen LogP contribution >= 0.6 is 0 Å². The zero-order valence-corrected chi connectivity index (χ0v) is 7.43. The van der Waals surface area contributed by atoms with Crippen LogP contribution in [0.3, 0.4) is 0 Å². The fourth-order valence-corrected chi connectivity index (χ4v) is 2.28. The van der Waals surface area contributed by atoms with E-state index in [1.54, 1.807) is 6.20 Å². The Bertz CT molecular complexity index is 266. The molecule has 4 heteroatoms. The van der Waals surface area contributed by atoms with Crippen LogP contribution in [-0.2, 0) is 17.1 Å². The maximum absolute atomic E-state index is 4.16. The molecule has 2 heterocycles. The van der Waals surface area contributed by atoms with E-state index in [1.807, 2.05) is 18.5 Å². The number of hydrogen-bond acceptors (Lipinski definition) is 1. The van der Waals surface area contributed by atoms with Gasteiger partial charge in [0.2, 0.25) is 0 Å². The van der Waals surface area contributed by atoms with Gasteiger partial charge < -0.3 is 0 Å². The van der Waals surface area contributed by atoms with Gasteiger partial charge in [-0.15, -0.1) is 0 Å². The molecule has 0 aliphatic heterocycles. The van der Waals surface area contributed by atoms with E-state index in [-0.39, 0.29) is 17.1 Å². The van der Waals surface area contributed by atoms with Crippen molar-refractivity contribution >= 4 is 8.71 Å². The van der Waals surface area contributed by atoms with Crippen LogP contribution in [0, 0.1) is 0 Å². The molecule has 2 aromatic rings. The first-order chi connectivity index (χ1) is 5.45. The van der Waals surface area contributed by atoms with Crippen molar-refractivity contribution in [2.75, 3.05) is 0 Å². The number of nitrogens with zero attached hydrogens (tertiary/aromatic N) is 1. The first-order valence-corrected chi connectivity index (χ1v) is 4.94. The van der Waals surface area contributed by atoms with E-state index in [0.717, 1.165) is 4.42 Å². The van der Waals surface area contributed by atoms with Crippen LogP contribution in [0.15, 0.2) is 30.7 Å². The van der Waals surface area contributed by atoms with Gasteiger partial charge >= 0.3 is 71.5 Å². The van der Waals surface area contributed by atoms with Crippen LogP contribution in [0.25, 0.3) is 0 Å². The molecule has 0 fully saturated rings. The third-order valence-corrected chi connectivity index (χ3v) is 3.09. The predicted molar refractivity (Wildman–Crippen MR) is 38.6 cm³/mol.